The molecule has 4 nitrogen and oxygen atoms in total. The molecule has 19 heavy (non-hydrogen) atoms. The Hall–Kier alpha value is -1.26. The van der Waals surface area contributed by atoms with Gasteiger partial charge in [-0.2, -0.15) is 0 Å². The number of hydrogen-bond acceptors (Lipinski definition) is 4. The number of aliphatic hydroxyl groups excluding tert-OH is 1. The van der Waals surface area contributed by atoms with Crippen LogP contribution in [0.2, 0.25) is 0 Å². The van der Waals surface area contributed by atoms with Crippen LogP contribution in [0.5, 0.6) is 11.5 Å². The van der Waals surface area contributed by atoms with Gasteiger partial charge < -0.3 is 19.9 Å². The van der Waals surface area contributed by atoms with Crippen molar-refractivity contribution in [3.8, 4) is 11.5 Å². The van der Waals surface area contributed by atoms with E-state index in [1.165, 1.54) is 0 Å². The lowest BCUT2D eigenvalue weighted by Gasteiger charge is -2.27. The molecule has 1 fully saturated rings. The normalized spacial score (nSPS) is 21.7. The highest BCUT2D eigenvalue weighted by molar-refractivity contribution is 5.44. The van der Waals surface area contributed by atoms with Gasteiger partial charge >= 0.3 is 0 Å². The van der Waals surface area contributed by atoms with E-state index in [-0.39, 0.29) is 0 Å². The van der Waals surface area contributed by atoms with Crippen LogP contribution in [0.25, 0.3) is 0 Å². The predicted octanol–water partition coefficient (Wildman–Crippen LogP) is 1.88. The van der Waals surface area contributed by atoms with Gasteiger partial charge in [-0.3, -0.25) is 0 Å². The Morgan fingerprint density at radius 1 is 1.11 bits per heavy atom. The van der Waals surface area contributed by atoms with E-state index in [2.05, 4.69) is 5.32 Å². The lowest BCUT2D eigenvalue weighted by atomic mass is 9.88. The quantitative estimate of drug-likeness (QED) is 0.855. The fourth-order valence-electron chi connectivity index (χ4n) is 2.80. The van der Waals surface area contributed by atoms with Gasteiger partial charge in [0.15, 0.2) is 11.5 Å². The molecule has 1 unspecified atom stereocenters. The molecule has 2 aliphatic rings. The summed E-state index contributed by atoms with van der Waals surface area (Å²) >= 11 is 0. The van der Waals surface area contributed by atoms with Crippen molar-refractivity contribution in [3.05, 3.63) is 23.8 Å². The summed E-state index contributed by atoms with van der Waals surface area (Å²) in [7, 11) is 0. The molecule has 104 valence electrons. The fourth-order valence-corrected chi connectivity index (χ4v) is 2.80. The number of nitrogens with one attached hydrogen (secondary N) is 1. The van der Waals surface area contributed by atoms with Crippen molar-refractivity contribution in [2.75, 3.05) is 26.3 Å². The Kier molecular flexibility index (Phi) is 3.89. The van der Waals surface area contributed by atoms with Gasteiger partial charge in [-0.1, -0.05) is 6.07 Å². The fraction of sp³-hybridized carbons (Fsp3) is 0.600. The van der Waals surface area contributed by atoms with Gasteiger partial charge in [0.25, 0.3) is 0 Å². The molecule has 2 heterocycles. The third kappa shape index (κ3) is 2.85. The van der Waals surface area contributed by atoms with E-state index >= 15 is 0 Å². The van der Waals surface area contributed by atoms with E-state index in [4.69, 9.17) is 9.47 Å². The van der Waals surface area contributed by atoms with Gasteiger partial charge in [0.05, 0.1) is 19.3 Å². The third-order valence-corrected chi connectivity index (χ3v) is 3.94. The van der Waals surface area contributed by atoms with Crippen molar-refractivity contribution < 1.29 is 14.6 Å². The summed E-state index contributed by atoms with van der Waals surface area (Å²) in [4.78, 5) is 0. The summed E-state index contributed by atoms with van der Waals surface area (Å²) in [5.41, 5.74) is 0.941. The maximum Gasteiger partial charge on any atom is 0.161 e. The minimum atomic E-state index is -0.403. The molecule has 0 saturated carbocycles. The van der Waals surface area contributed by atoms with E-state index < -0.39 is 6.10 Å². The van der Waals surface area contributed by atoms with Crippen LogP contribution in [0.1, 0.15) is 30.9 Å². The molecule has 1 atom stereocenters. The van der Waals surface area contributed by atoms with Crippen LogP contribution < -0.4 is 14.8 Å². The first kappa shape index (κ1) is 12.8. The van der Waals surface area contributed by atoms with Crippen LogP contribution in [-0.2, 0) is 0 Å². The SMILES string of the molecule is OC(c1ccc2c(c1)OCCCO2)C1CCNCC1. The Morgan fingerprint density at radius 2 is 1.84 bits per heavy atom. The average molecular weight is 263 g/mol. The van der Waals surface area contributed by atoms with Crippen LogP contribution in [0.3, 0.4) is 0 Å². The van der Waals surface area contributed by atoms with Gasteiger partial charge in [0, 0.05) is 6.42 Å². The summed E-state index contributed by atoms with van der Waals surface area (Å²) in [6.45, 7) is 3.36. The highest BCUT2D eigenvalue weighted by Crippen LogP contribution is 2.35. The van der Waals surface area contributed by atoms with Gasteiger partial charge in [0.2, 0.25) is 0 Å². The first-order chi connectivity index (χ1) is 9.34. The lowest BCUT2D eigenvalue weighted by molar-refractivity contribution is 0.0886. The molecule has 0 bridgehead atoms. The molecule has 0 aliphatic carbocycles. The molecule has 1 aromatic carbocycles. The summed E-state index contributed by atoms with van der Waals surface area (Å²) in [5.74, 6) is 1.90. The Bertz CT molecular complexity index is 429. The minimum absolute atomic E-state index is 0.339. The third-order valence-electron chi connectivity index (χ3n) is 3.94. The van der Waals surface area contributed by atoms with Gasteiger partial charge in [0.1, 0.15) is 0 Å². The Balaban J connectivity index is 1.78. The van der Waals surface area contributed by atoms with Gasteiger partial charge in [-0.15, -0.1) is 0 Å². The average Bonchev–Trinajstić information content (AvgIpc) is 2.72. The zero-order valence-corrected chi connectivity index (χ0v) is 11.1. The smallest absolute Gasteiger partial charge is 0.161 e. The molecule has 4 heteroatoms. The second kappa shape index (κ2) is 5.80. The van der Waals surface area contributed by atoms with Crippen molar-refractivity contribution >= 4 is 0 Å². The zero-order chi connectivity index (χ0) is 13.1. The molecule has 2 aliphatic heterocycles. The number of hydrogen-bond donors (Lipinski definition) is 2. The molecule has 0 spiro atoms. The first-order valence-electron chi connectivity index (χ1n) is 7.13. The van der Waals surface area contributed by atoms with Crippen LogP contribution in [0.4, 0.5) is 0 Å². The molecule has 1 aromatic rings. The van der Waals surface area contributed by atoms with Crippen molar-refractivity contribution in [2.24, 2.45) is 5.92 Å². The van der Waals surface area contributed by atoms with Gasteiger partial charge in [-0.25, -0.2) is 0 Å². The molecular formula is C15H21NO3. The molecule has 0 aromatic heterocycles. The summed E-state index contributed by atoms with van der Waals surface area (Å²) in [6, 6.07) is 5.81. The molecule has 1 saturated heterocycles. The van der Waals surface area contributed by atoms with Crippen LogP contribution in [-0.4, -0.2) is 31.4 Å². The monoisotopic (exact) mass is 263 g/mol. The van der Waals surface area contributed by atoms with Crippen molar-refractivity contribution in [1.29, 1.82) is 0 Å². The second-order valence-electron chi connectivity index (χ2n) is 5.29. The molecular weight excluding hydrogens is 242 g/mol. The number of rotatable bonds is 2. The van der Waals surface area contributed by atoms with E-state index in [1.54, 1.807) is 0 Å². The van der Waals surface area contributed by atoms with Crippen molar-refractivity contribution in [2.45, 2.75) is 25.4 Å². The van der Waals surface area contributed by atoms with Crippen LogP contribution in [0, 0.1) is 5.92 Å². The molecule has 2 N–H and O–H groups in total. The van der Waals surface area contributed by atoms with Gasteiger partial charge in [-0.05, 0) is 49.5 Å². The number of ether oxygens (including phenoxy) is 2. The number of fused-ring (bicyclic) bond motifs is 1. The van der Waals surface area contributed by atoms with E-state index in [0.717, 1.165) is 49.4 Å². The van der Waals surface area contributed by atoms with Crippen molar-refractivity contribution in [1.82, 2.24) is 5.32 Å². The van der Waals surface area contributed by atoms with E-state index in [0.29, 0.717) is 19.1 Å². The molecule has 0 amide bonds. The Morgan fingerprint density at radius 3 is 2.63 bits per heavy atom. The maximum atomic E-state index is 10.5. The summed E-state index contributed by atoms with van der Waals surface area (Å²) in [5, 5.41) is 13.8. The maximum absolute atomic E-state index is 10.5. The topological polar surface area (TPSA) is 50.7 Å². The summed E-state index contributed by atoms with van der Waals surface area (Å²) in [6.07, 6.45) is 2.55. The minimum Gasteiger partial charge on any atom is -0.490 e. The Labute approximate surface area is 113 Å². The van der Waals surface area contributed by atoms with Crippen LogP contribution in [0.15, 0.2) is 18.2 Å². The summed E-state index contributed by atoms with van der Waals surface area (Å²) < 4.78 is 11.3. The largest absolute Gasteiger partial charge is 0.490 e. The zero-order valence-electron chi connectivity index (χ0n) is 11.1. The highest BCUT2D eigenvalue weighted by atomic mass is 16.5. The van der Waals surface area contributed by atoms with Crippen molar-refractivity contribution in [3.63, 3.8) is 0 Å². The molecule has 0 radical (unpaired) electrons. The molecule has 3 rings (SSSR count). The van der Waals surface area contributed by atoms with Crippen LogP contribution >= 0.6 is 0 Å². The number of piperidine rings is 1. The number of benzene rings is 1. The van der Waals surface area contributed by atoms with E-state index in [1.807, 2.05) is 18.2 Å². The standard InChI is InChI=1S/C15H21NO3/c17-15(11-4-6-16-7-5-11)12-2-3-13-14(10-12)19-9-1-8-18-13/h2-3,10-11,15-17H,1,4-9H2. The number of aliphatic hydroxyl groups is 1. The first-order valence-corrected chi connectivity index (χ1v) is 7.13. The lowest BCUT2D eigenvalue weighted by Crippen LogP contribution is -2.30. The van der Waals surface area contributed by atoms with E-state index in [9.17, 15) is 5.11 Å². The predicted molar refractivity (Wildman–Crippen MR) is 72.6 cm³/mol. The highest BCUT2D eigenvalue weighted by Gasteiger charge is 2.24. The second-order valence-corrected chi connectivity index (χ2v) is 5.29.